The fourth-order valence-corrected chi connectivity index (χ4v) is 1.95. The van der Waals surface area contributed by atoms with Gasteiger partial charge in [-0.25, -0.2) is 5.10 Å². The van der Waals surface area contributed by atoms with Crippen LogP contribution in [0.1, 0.15) is 30.3 Å². The lowest BCUT2D eigenvalue weighted by molar-refractivity contribution is 0.0457. The van der Waals surface area contributed by atoms with Gasteiger partial charge in [-0.2, -0.15) is 5.10 Å². The summed E-state index contributed by atoms with van der Waals surface area (Å²) in [4.78, 5) is 24.9. The van der Waals surface area contributed by atoms with Crippen LogP contribution in [0.2, 0.25) is 0 Å². The zero-order chi connectivity index (χ0) is 13.0. The molecule has 1 unspecified atom stereocenters. The summed E-state index contributed by atoms with van der Waals surface area (Å²) in [5.74, 6) is -0.157. The van der Waals surface area contributed by atoms with E-state index in [0.29, 0.717) is 19.7 Å². The number of nitrogens with one attached hydrogen (secondary N) is 1. The zero-order valence-electron chi connectivity index (χ0n) is 10.4. The molecule has 1 aliphatic heterocycles. The smallest absolute Gasteiger partial charge is 0.274 e. The van der Waals surface area contributed by atoms with Crippen LogP contribution in [0.25, 0.3) is 0 Å². The Bertz CT molecular complexity index is 451. The molecular formula is C12H17N3O3. The first-order valence-electron chi connectivity index (χ1n) is 6.17. The van der Waals surface area contributed by atoms with Crippen molar-refractivity contribution < 1.29 is 9.53 Å². The van der Waals surface area contributed by atoms with Crippen LogP contribution in [0.5, 0.6) is 0 Å². The van der Waals surface area contributed by atoms with Gasteiger partial charge in [0.05, 0.1) is 6.10 Å². The summed E-state index contributed by atoms with van der Waals surface area (Å²) in [5, 5.41) is 6.04. The molecule has 18 heavy (non-hydrogen) atoms. The number of hydrogen-bond donors (Lipinski definition) is 1. The monoisotopic (exact) mass is 251 g/mol. The van der Waals surface area contributed by atoms with Crippen molar-refractivity contribution in [2.45, 2.75) is 25.9 Å². The SMILES string of the molecule is CCC1CN(C(=O)c2ccc(=O)[nH]n2)CCCO1. The minimum atomic E-state index is -0.308. The number of H-pyrrole nitrogens is 1. The highest BCUT2D eigenvalue weighted by atomic mass is 16.5. The van der Waals surface area contributed by atoms with Crippen LogP contribution in [0.15, 0.2) is 16.9 Å². The predicted octanol–water partition coefficient (Wildman–Crippen LogP) is 0.411. The number of amides is 1. The Morgan fingerprint density at radius 1 is 1.61 bits per heavy atom. The molecule has 0 saturated carbocycles. The fraction of sp³-hybridized carbons (Fsp3) is 0.583. The quantitative estimate of drug-likeness (QED) is 0.826. The first kappa shape index (κ1) is 12.8. The summed E-state index contributed by atoms with van der Waals surface area (Å²) >= 11 is 0. The number of aromatic amines is 1. The van der Waals surface area contributed by atoms with Gasteiger partial charge in [0.1, 0.15) is 5.69 Å². The largest absolute Gasteiger partial charge is 0.376 e. The molecule has 1 N–H and O–H groups in total. The lowest BCUT2D eigenvalue weighted by Gasteiger charge is -2.22. The standard InChI is InChI=1S/C12H17N3O3/c1-2-9-8-15(6-3-7-18-9)12(17)10-4-5-11(16)14-13-10/h4-5,9H,2-3,6-8H2,1H3,(H,14,16). The van der Waals surface area contributed by atoms with E-state index >= 15 is 0 Å². The third-order valence-corrected chi connectivity index (χ3v) is 2.99. The Balaban J connectivity index is 2.11. The number of ether oxygens (including phenoxy) is 1. The average Bonchev–Trinajstić information content (AvgIpc) is 2.64. The van der Waals surface area contributed by atoms with Crippen molar-refractivity contribution >= 4 is 5.91 Å². The van der Waals surface area contributed by atoms with Gasteiger partial charge in [-0.1, -0.05) is 6.92 Å². The van der Waals surface area contributed by atoms with Crippen molar-refractivity contribution in [1.82, 2.24) is 15.1 Å². The molecule has 0 aliphatic carbocycles. The lowest BCUT2D eigenvalue weighted by Crippen LogP contribution is -2.37. The molecule has 1 amide bonds. The molecule has 6 nitrogen and oxygen atoms in total. The molecule has 1 saturated heterocycles. The van der Waals surface area contributed by atoms with Crippen LogP contribution in [-0.2, 0) is 4.74 Å². The highest BCUT2D eigenvalue weighted by Gasteiger charge is 2.23. The van der Waals surface area contributed by atoms with Crippen molar-refractivity contribution in [3.63, 3.8) is 0 Å². The minimum Gasteiger partial charge on any atom is -0.376 e. The Hall–Kier alpha value is -1.69. The van der Waals surface area contributed by atoms with Gasteiger partial charge in [0.15, 0.2) is 0 Å². The number of carbonyl (C=O) groups excluding carboxylic acids is 1. The second-order valence-electron chi connectivity index (χ2n) is 4.31. The van der Waals surface area contributed by atoms with Crippen molar-refractivity contribution in [3.8, 4) is 0 Å². The van der Waals surface area contributed by atoms with Crippen LogP contribution >= 0.6 is 0 Å². The molecular weight excluding hydrogens is 234 g/mol. The normalized spacial score (nSPS) is 20.5. The van der Waals surface area contributed by atoms with Gasteiger partial charge in [-0.05, 0) is 18.9 Å². The second-order valence-corrected chi connectivity index (χ2v) is 4.31. The van der Waals surface area contributed by atoms with Crippen LogP contribution < -0.4 is 5.56 Å². The minimum absolute atomic E-state index is 0.0826. The number of nitrogens with zero attached hydrogens (tertiary/aromatic N) is 2. The zero-order valence-corrected chi connectivity index (χ0v) is 10.4. The third-order valence-electron chi connectivity index (χ3n) is 2.99. The topological polar surface area (TPSA) is 75.3 Å². The Labute approximate surface area is 105 Å². The molecule has 1 atom stereocenters. The summed E-state index contributed by atoms with van der Waals surface area (Å²) in [6.45, 7) is 3.96. The van der Waals surface area contributed by atoms with E-state index in [-0.39, 0.29) is 23.3 Å². The van der Waals surface area contributed by atoms with Crippen LogP contribution in [-0.4, -0.2) is 46.8 Å². The van der Waals surface area contributed by atoms with Gasteiger partial charge in [0, 0.05) is 25.8 Å². The molecule has 98 valence electrons. The van der Waals surface area contributed by atoms with Crippen molar-refractivity contribution in [2.24, 2.45) is 0 Å². The summed E-state index contributed by atoms with van der Waals surface area (Å²) in [6.07, 6.45) is 1.79. The predicted molar refractivity (Wildman–Crippen MR) is 65.4 cm³/mol. The van der Waals surface area contributed by atoms with Gasteiger partial charge >= 0.3 is 0 Å². The molecule has 6 heteroatoms. The maximum atomic E-state index is 12.2. The molecule has 1 aliphatic rings. The third kappa shape index (κ3) is 2.95. The summed E-state index contributed by atoms with van der Waals surface area (Å²) < 4.78 is 5.62. The van der Waals surface area contributed by atoms with E-state index in [1.165, 1.54) is 12.1 Å². The number of hydrogen-bond acceptors (Lipinski definition) is 4. The highest BCUT2D eigenvalue weighted by molar-refractivity contribution is 5.92. The van der Waals surface area contributed by atoms with E-state index in [1.54, 1.807) is 4.90 Å². The maximum absolute atomic E-state index is 12.2. The van der Waals surface area contributed by atoms with E-state index in [4.69, 9.17) is 4.74 Å². The Kier molecular flexibility index (Phi) is 4.09. The Morgan fingerprint density at radius 2 is 2.44 bits per heavy atom. The van der Waals surface area contributed by atoms with Crippen molar-refractivity contribution in [1.29, 1.82) is 0 Å². The lowest BCUT2D eigenvalue weighted by atomic mass is 10.2. The van der Waals surface area contributed by atoms with E-state index in [1.807, 2.05) is 6.92 Å². The van der Waals surface area contributed by atoms with E-state index in [2.05, 4.69) is 10.2 Å². The molecule has 2 heterocycles. The molecule has 0 radical (unpaired) electrons. The van der Waals surface area contributed by atoms with Gasteiger partial charge in [0.2, 0.25) is 0 Å². The number of rotatable bonds is 2. The van der Waals surface area contributed by atoms with E-state index in [0.717, 1.165) is 12.8 Å². The molecule has 1 fully saturated rings. The van der Waals surface area contributed by atoms with Crippen molar-refractivity contribution in [2.75, 3.05) is 19.7 Å². The summed E-state index contributed by atoms with van der Waals surface area (Å²) in [5.41, 5.74) is -0.0384. The molecule has 1 aromatic heterocycles. The van der Waals surface area contributed by atoms with Gasteiger partial charge in [-0.3, -0.25) is 9.59 Å². The second kappa shape index (κ2) is 5.77. The molecule has 0 aromatic carbocycles. The molecule has 0 bridgehead atoms. The van der Waals surface area contributed by atoms with Crippen molar-refractivity contribution in [3.05, 3.63) is 28.2 Å². The average molecular weight is 251 g/mol. The first-order valence-corrected chi connectivity index (χ1v) is 6.17. The summed E-state index contributed by atoms with van der Waals surface area (Å²) in [7, 11) is 0. The molecule has 1 aromatic rings. The van der Waals surface area contributed by atoms with Gasteiger partial charge in [0.25, 0.3) is 11.5 Å². The van der Waals surface area contributed by atoms with Gasteiger partial charge in [-0.15, -0.1) is 0 Å². The van der Waals surface area contributed by atoms with Crippen LogP contribution in [0, 0.1) is 0 Å². The van der Waals surface area contributed by atoms with Gasteiger partial charge < -0.3 is 9.64 Å². The maximum Gasteiger partial charge on any atom is 0.274 e. The number of aromatic nitrogens is 2. The highest BCUT2D eigenvalue weighted by Crippen LogP contribution is 2.11. The van der Waals surface area contributed by atoms with Crippen LogP contribution in [0.3, 0.4) is 0 Å². The Morgan fingerprint density at radius 3 is 3.11 bits per heavy atom. The van der Waals surface area contributed by atoms with Crippen LogP contribution in [0.4, 0.5) is 0 Å². The first-order chi connectivity index (χ1) is 8.70. The number of carbonyl (C=O) groups is 1. The summed E-state index contributed by atoms with van der Waals surface area (Å²) in [6, 6.07) is 2.76. The molecule has 0 spiro atoms. The van der Waals surface area contributed by atoms with E-state index in [9.17, 15) is 9.59 Å². The molecule has 2 rings (SSSR count). The fourth-order valence-electron chi connectivity index (χ4n) is 1.95. The van der Waals surface area contributed by atoms with E-state index < -0.39 is 0 Å².